The van der Waals surface area contributed by atoms with Crippen LogP contribution < -0.4 is 81.4 Å². The fraction of sp³-hybridized carbons (Fsp3) is 0.100. The van der Waals surface area contributed by atoms with Gasteiger partial charge < -0.3 is 37.6 Å². The molecule has 38 heavy (non-hydrogen) atoms. The standard InChI is InChI=1S/C14H8F6I.C6H4Cl2I.8FH/c15-13(16,17)9-1-5-11(6-2-9)21-12-7-3-10(4-8-12)14(18,19)20;7-4-1-2-6(9)5(8)3-4;;;;;;;;/h1-8H;1-3,9H;8*1H/q2*+1;;;;;;;;/p-8. The van der Waals surface area contributed by atoms with Crippen LogP contribution in [-0.2, 0) is 12.4 Å². The second-order valence-electron chi connectivity index (χ2n) is 5.68. The zero-order chi connectivity index (χ0) is 22.5. The predicted octanol–water partition coefficient (Wildman–Crippen LogP) is -22.7. The zero-order valence-corrected chi connectivity index (χ0v) is 23.7. The highest BCUT2D eigenvalue weighted by Gasteiger charge is 2.32. The van der Waals surface area contributed by atoms with E-state index >= 15 is 0 Å². The van der Waals surface area contributed by atoms with E-state index in [0.717, 1.165) is 32.9 Å². The highest BCUT2D eigenvalue weighted by molar-refractivity contribution is 6.34. The van der Waals surface area contributed by atoms with Gasteiger partial charge in [0.05, 0.1) is 16.1 Å². The van der Waals surface area contributed by atoms with E-state index in [2.05, 4.69) is 0 Å². The molecule has 3 rings (SSSR count). The van der Waals surface area contributed by atoms with Gasteiger partial charge in [-0.05, 0) is 66.7 Å². The third-order valence-electron chi connectivity index (χ3n) is 3.46. The Morgan fingerprint density at radius 2 is 0.842 bits per heavy atom. The molecule has 0 N–H and O–H groups in total. The lowest BCUT2D eigenvalue weighted by Crippen LogP contribution is -3.61. The summed E-state index contributed by atoms with van der Waals surface area (Å²) < 4.78 is 76.9. The van der Waals surface area contributed by atoms with Crippen LogP contribution in [0.5, 0.6) is 0 Å². The van der Waals surface area contributed by atoms with Crippen molar-refractivity contribution in [1.29, 1.82) is 0 Å². The summed E-state index contributed by atoms with van der Waals surface area (Å²) in [4.78, 5) is 0. The Hall–Kier alpha value is -1.28. The number of hydrogen-bond donors (Lipinski definition) is 0. The molecule has 0 radical (unpaired) electrons. The Labute approximate surface area is 240 Å². The molecule has 0 spiro atoms. The van der Waals surface area contributed by atoms with Crippen LogP contribution in [0.4, 0.5) is 26.3 Å². The van der Waals surface area contributed by atoms with Crippen LogP contribution in [0.2, 0.25) is 10.0 Å². The minimum absolute atomic E-state index is 0. The van der Waals surface area contributed by atoms with Gasteiger partial charge >= 0.3 is 33.6 Å². The Kier molecular flexibility index (Phi) is 31.4. The van der Waals surface area contributed by atoms with Crippen LogP contribution in [0.15, 0.2) is 66.7 Å². The Bertz CT molecular complexity index is 927. The van der Waals surface area contributed by atoms with Crippen molar-refractivity contribution >= 4 is 23.2 Å². The molecule has 18 heteroatoms. The molecule has 0 aliphatic carbocycles. The van der Waals surface area contributed by atoms with Gasteiger partial charge in [-0.1, -0.05) is 23.2 Å². The van der Waals surface area contributed by atoms with E-state index in [1.807, 2.05) is 34.7 Å². The second kappa shape index (κ2) is 22.5. The first kappa shape index (κ1) is 53.0. The molecule has 0 heterocycles. The van der Waals surface area contributed by atoms with Gasteiger partial charge in [-0.2, -0.15) is 26.3 Å². The van der Waals surface area contributed by atoms with Crippen molar-refractivity contribution in [3.63, 3.8) is 0 Å². The number of halogens is 18. The fourth-order valence-electron chi connectivity index (χ4n) is 2.00. The van der Waals surface area contributed by atoms with Crippen LogP contribution >= 0.6 is 23.2 Å². The molecule has 224 valence electrons. The Morgan fingerprint density at radius 3 is 1.08 bits per heavy atom. The third kappa shape index (κ3) is 17.3. The van der Waals surface area contributed by atoms with Crippen molar-refractivity contribution in [1.82, 2.24) is 0 Å². The summed E-state index contributed by atoms with van der Waals surface area (Å²) in [6.45, 7) is 0. The minimum atomic E-state index is -4.38. The van der Waals surface area contributed by atoms with Gasteiger partial charge in [-0.15, -0.1) is 0 Å². The van der Waals surface area contributed by atoms with Gasteiger partial charge in [0, 0.05) is 5.02 Å². The van der Waals surface area contributed by atoms with E-state index in [4.69, 9.17) is 23.2 Å². The normalized spacial score (nSPS) is 9.18. The summed E-state index contributed by atoms with van der Waals surface area (Å²) in [5.41, 5.74) is -1.47. The maximum atomic E-state index is 12.4. The van der Waals surface area contributed by atoms with E-state index < -0.39 is 44.7 Å². The summed E-state index contributed by atoms with van der Waals surface area (Å²) >= 11 is 12.4. The molecule has 3 aromatic carbocycles. The van der Waals surface area contributed by atoms with E-state index in [-0.39, 0.29) is 37.6 Å². The second-order valence-corrected chi connectivity index (χ2v) is 10.8. The average Bonchev–Trinajstić information content (AvgIpc) is 2.65. The molecule has 0 fully saturated rings. The van der Waals surface area contributed by atoms with E-state index in [0.29, 0.717) is 12.2 Å². The van der Waals surface area contributed by atoms with Crippen molar-refractivity contribution in [3.05, 3.63) is 98.6 Å². The largest absolute Gasteiger partial charge is 1.00 e. The smallest absolute Gasteiger partial charge is 0.416 e. The first-order valence-electron chi connectivity index (χ1n) is 7.97. The highest BCUT2D eigenvalue weighted by Crippen LogP contribution is 2.29. The number of rotatable bonds is 2. The molecule has 0 atom stereocenters. The summed E-state index contributed by atoms with van der Waals surface area (Å²) in [6, 6.07) is 14.9. The van der Waals surface area contributed by atoms with Crippen LogP contribution in [0, 0.1) is 10.7 Å². The molecule has 0 aliphatic heterocycles. The molecule has 0 nitrogen and oxygen atoms in total. The average molecular weight is 843 g/mol. The molecular formula is C20H12Cl2F14I2-6. The Balaban J connectivity index is -0.0000000995. The predicted molar refractivity (Wildman–Crippen MR) is 96.8 cm³/mol. The SMILES string of the molecule is Clc1ccc([IH+])c(Cl)c1.FC(F)(F)c1ccc([I+]c2ccc(C(F)(F)F)cc2)cc1.[F-].[F-].[F-].[F-].[F-].[F-].[F-].[F-]. The summed E-state index contributed by atoms with van der Waals surface area (Å²) in [6.07, 6.45) is -8.77. The van der Waals surface area contributed by atoms with Crippen molar-refractivity contribution in [2.24, 2.45) is 0 Å². The van der Waals surface area contributed by atoms with Gasteiger partial charge in [0.25, 0.3) is 22.6 Å². The number of hydrogen-bond acceptors (Lipinski definition) is 0. The molecule has 0 saturated heterocycles. The number of alkyl halides is 6. The van der Waals surface area contributed by atoms with Crippen LogP contribution in [-0.4, -0.2) is 0 Å². The highest BCUT2D eigenvalue weighted by atomic mass is 127. The first-order valence-corrected chi connectivity index (χ1v) is 12.1. The van der Waals surface area contributed by atoms with Gasteiger partial charge in [0.1, 0.15) is 0 Å². The minimum Gasteiger partial charge on any atom is -1.00 e. The maximum Gasteiger partial charge on any atom is 0.416 e. The van der Waals surface area contributed by atoms with E-state index in [1.165, 1.54) is 24.3 Å². The summed E-state index contributed by atoms with van der Waals surface area (Å²) in [5, 5.41) is 1.42. The number of benzene rings is 3. The van der Waals surface area contributed by atoms with E-state index in [1.54, 1.807) is 6.07 Å². The van der Waals surface area contributed by atoms with Crippen molar-refractivity contribution in [2.45, 2.75) is 12.4 Å². The molecule has 3 aromatic rings. The lowest BCUT2D eigenvalue weighted by molar-refractivity contribution is -0.597. The van der Waals surface area contributed by atoms with Crippen LogP contribution in [0.25, 0.3) is 0 Å². The van der Waals surface area contributed by atoms with Gasteiger partial charge in [-0.3, -0.25) is 0 Å². The molecule has 0 aliphatic rings. The Morgan fingerprint density at radius 1 is 0.526 bits per heavy atom. The van der Waals surface area contributed by atoms with Gasteiger partial charge in [0.2, 0.25) is 3.57 Å². The lowest BCUT2D eigenvalue weighted by Gasteiger charge is -2.05. The topological polar surface area (TPSA) is 0 Å². The maximum absolute atomic E-state index is 12.4. The molecular weight excluding hydrogens is 831 g/mol. The quantitative estimate of drug-likeness (QED) is 0.137. The molecule has 0 unspecified atom stereocenters. The first-order chi connectivity index (χ1) is 13.9. The monoisotopic (exact) mass is 842 g/mol. The van der Waals surface area contributed by atoms with Crippen molar-refractivity contribution in [3.8, 4) is 0 Å². The van der Waals surface area contributed by atoms with Crippen molar-refractivity contribution in [2.75, 3.05) is 0 Å². The molecule has 0 amide bonds. The van der Waals surface area contributed by atoms with Crippen LogP contribution in [0.3, 0.4) is 0 Å². The molecule has 0 bridgehead atoms. The lowest BCUT2D eigenvalue weighted by atomic mass is 10.2. The fourth-order valence-corrected chi connectivity index (χ4v) is 4.93. The van der Waals surface area contributed by atoms with E-state index in [9.17, 15) is 26.3 Å². The summed E-state index contributed by atoms with van der Waals surface area (Å²) in [7, 11) is 0. The van der Waals surface area contributed by atoms with Gasteiger partial charge in [0.15, 0.2) is 7.14 Å². The zero-order valence-electron chi connectivity index (χ0n) is 17.7. The molecule has 0 aromatic heterocycles. The van der Waals surface area contributed by atoms with Crippen molar-refractivity contribution < 1.29 is 108 Å². The van der Waals surface area contributed by atoms with Crippen LogP contribution in [0.1, 0.15) is 11.1 Å². The third-order valence-corrected chi connectivity index (χ3v) is 8.06. The summed E-state index contributed by atoms with van der Waals surface area (Å²) in [5.74, 6) is 0. The molecule has 0 saturated carbocycles. The van der Waals surface area contributed by atoms with Gasteiger partial charge in [-0.25, -0.2) is 0 Å².